The van der Waals surface area contributed by atoms with Gasteiger partial charge in [0.25, 0.3) is 5.69 Å². The normalized spacial score (nSPS) is 10.3. The maximum absolute atomic E-state index is 10.5. The summed E-state index contributed by atoms with van der Waals surface area (Å²) in [6, 6.07) is 8.38. The van der Waals surface area contributed by atoms with E-state index in [9.17, 15) is 10.1 Å². The summed E-state index contributed by atoms with van der Waals surface area (Å²) in [7, 11) is 0. The molecule has 0 unspecified atom stereocenters. The Balaban J connectivity index is 1.95. The number of nitro groups is 1. The summed E-state index contributed by atoms with van der Waals surface area (Å²) >= 11 is 0. The van der Waals surface area contributed by atoms with Crippen molar-refractivity contribution in [1.82, 2.24) is 9.78 Å². The predicted molar refractivity (Wildman–Crippen MR) is 68.3 cm³/mol. The van der Waals surface area contributed by atoms with Crippen LogP contribution in [0.3, 0.4) is 0 Å². The zero-order valence-corrected chi connectivity index (χ0v) is 10.0. The van der Waals surface area contributed by atoms with Crippen LogP contribution in [-0.4, -0.2) is 14.7 Å². The summed E-state index contributed by atoms with van der Waals surface area (Å²) in [5, 5.41) is 18.0. The third-order valence-corrected chi connectivity index (χ3v) is 2.59. The third-order valence-electron chi connectivity index (χ3n) is 2.59. The second kappa shape index (κ2) is 5.31. The molecule has 0 amide bonds. The molecule has 0 bridgehead atoms. The molecule has 1 aromatic carbocycles. The fourth-order valence-electron chi connectivity index (χ4n) is 1.56. The first-order chi connectivity index (χ1) is 8.69. The number of nitrogens with one attached hydrogen (secondary N) is 1. The molecule has 0 aliphatic heterocycles. The SMILES string of the molecule is CCn1ccc(NCc2ccc([N+](=O)[O-])cc2)n1. The van der Waals surface area contributed by atoms with E-state index in [0.717, 1.165) is 17.9 Å². The summed E-state index contributed by atoms with van der Waals surface area (Å²) in [5.41, 5.74) is 1.08. The molecule has 0 spiro atoms. The van der Waals surface area contributed by atoms with Gasteiger partial charge in [0, 0.05) is 37.5 Å². The standard InChI is InChI=1S/C12H14N4O2/c1-2-15-8-7-12(14-15)13-9-10-3-5-11(6-4-10)16(17)18/h3-8H,2,9H2,1H3,(H,13,14). The maximum Gasteiger partial charge on any atom is 0.269 e. The molecule has 1 N–H and O–H groups in total. The van der Waals surface area contributed by atoms with E-state index in [4.69, 9.17) is 0 Å². The van der Waals surface area contributed by atoms with Crippen LogP contribution >= 0.6 is 0 Å². The fraction of sp³-hybridized carbons (Fsp3) is 0.250. The average Bonchev–Trinajstić information content (AvgIpc) is 2.85. The van der Waals surface area contributed by atoms with Crippen LogP contribution in [0.25, 0.3) is 0 Å². The molecule has 1 aromatic heterocycles. The number of non-ortho nitro benzene ring substituents is 1. The van der Waals surface area contributed by atoms with Gasteiger partial charge in [-0.1, -0.05) is 12.1 Å². The first kappa shape index (κ1) is 12.1. The number of benzene rings is 1. The summed E-state index contributed by atoms with van der Waals surface area (Å²) in [4.78, 5) is 10.1. The highest BCUT2D eigenvalue weighted by molar-refractivity contribution is 5.37. The van der Waals surface area contributed by atoms with E-state index in [0.29, 0.717) is 6.54 Å². The van der Waals surface area contributed by atoms with E-state index in [1.54, 1.807) is 12.1 Å². The van der Waals surface area contributed by atoms with Crippen molar-refractivity contribution in [2.45, 2.75) is 20.0 Å². The first-order valence-electron chi connectivity index (χ1n) is 5.69. The van der Waals surface area contributed by atoms with Crippen molar-refractivity contribution in [2.24, 2.45) is 0 Å². The number of anilines is 1. The molecule has 0 aliphatic rings. The molecule has 1 heterocycles. The number of rotatable bonds is 5. The van der Waals surface area contributed by atoms with Crippen molar-refractivity contribution >= 4 is 11.5 Å². The van der Waals surface area contributed by atoms with Crippen LogP contribution < -0.4 is 5.32 Å². The Morgan fingerprint density at radius 3 is 2.61 bits per heavy atom. The van der Waals surface area contributed by atoms with Gasteiger partial charge in [0.2, 0.25) is 0 Å². The Labute approximate surface area is 104 Å². The van der Waals surface area contributed by atoms with Crippen molar-refractivity contribution in [3.8, 4) is 0 Å². The number of hydrogen-bond acceptors (Lipinski definition) is 4. The summed E-state index contributed by atoms with van der Waals surface area (Å²) in [6.45, 7) is 3.45. The van der Waals surface area contributed by atoms with Crippen molar-refractivity contribution in [3.63, 3.8) is 0 Å². The summed E-state index contributed by atoms with van der Waals surface area (Å²) in [5.74, 6) is 0.801. The van der Waals surface area contributed by atoms with Gasteiger partial charge in [-0.25, -0.2) is 0 Å². The van der Waals surface area contributed by atoms with Gasteiger partial charge in [-0.2, -0.15) is 5.10 Å². The topological polar surface area (TPSA) is 73.0 Å². The largest absolute Gasteiger partial charge is 0.365 e. The highest BCUT2D eigenvalue weighted by atomic mass is 16.6. The van der Waals surface area contributed by atoms with Crippen molar-refractivity contribution < 1.29 is 4.92 Å². The van der Waals surface area contributed by atoms with Gasteiger partial charge in [-0.05, 0) is 12.5 Å². The second-order valence-electron chi connectivity index (χ2n) is 3.83. The maximum atomic E-state index is 10.5. The Morgan fingerprint density at radius 1 is 1.33 bits per heavy atom. The monoisotopic (exact) mass is 246 g/mol. The molecule has 2 aromatic rings. The van der Waals surface area contributed by atoms with Gasteiger partial charge < -0.3 is 5.32 Å². The zero-order valence-electron chi connectivity index (χ0n) is 10.0. The fourth-order valence-corrected chi connectivity index (χ4v) is 1.56. The van der Waals surface area contributed by atoms with E-state index < -0.39 is 4.92 Å². The number of nitro benzene ring substituents is 1. The number of aryl methyl sites for hydroxylation is 1. The smallest absolute Gasteiger partial charge is 0.269 e. The molecule has 0 fully saturated rings. The molecule has 2 rings (SSSR count). The van der Waals surface area contributed by atoms with E-state index in [1.807, 2.05) is 23.9 Å². The molecule has 0 atom stereocenters. The summed E-state index contributed by atoms with van der Waals surface area (Å²) < 4.78 is 1.83. The van der Waals surface area contributed by atoms with Gasteiger partial charge in [-0.15, -0.1) is 0 Å². The van der Waals surface area contributed by atoms with E-state index in [-0.39, 0.29) is 5.69 Å². The van der Waals surface area contributed by atoms with Gasteiger partial charge in [-0.3, -0.25) is 14.8 Å². The van der Waals surface area contributed by atoms with Crippen LogP contribution in [0.1, 0.15) is 12.5 Å². The van der Waals surface area contributed by atoms with Crippen molar-refractivity contribution in [3.05, 3.63) is 52.2 Å². The number of nitrogens with zero attached hydrogens (tertiary/aromatic N) is 3. The van der Waals surface area contributed by atoms with E-state index >= 15 is 0 Å². The van der Waals surface area contributed by atoms with Crippen molar-refractivity contribution in [1.29, 1.82) is 0 Å². The number of aromatic nitrogens is 2. The van der Waals surface area contributed by atoms with Crippen LogP contribution in [-0.2, 0) is 13.1 Å². The molecular formula is C12H14N4O2. The molecule has 94 valence electrons. The highest BCUT2D eigenvalue weighted by Gasteiger charge is 2.04. The van der Waals surface area contributed by atoms with Gasteiger partial charge in [0.15, 0.2) is 0 Å². The Bertz CT molecular complexity index is 533. The highest BCUT2D eigenvalue weighted by Crippen LogP contribution is 2.13. The molecule has 0 saturated carbocycles. The van der Waals surface area contributed by atoms with E-state index in [1.165, 1.54) is 12.1 Å². The van der Waals surface area contributed by atoms with Crippen LogP contribution in [0.15, 0.2) is 36.5 Å². The third kappa shape index (κ3) is 2.85. The molecule has 0 saturated heterocycles. The molecule has 0 aliphatic carbocycles. The van der Waals surface area contributed by atoms with Crippen molar-refractivity contribution in [2.75, 3.05) is 5.32 Å². The lowest BCUT2D eigenvalue weighted by Gasteiger charge is -2.03. The van der Waals surface area contributed by atoms with Crippen LogP contribution in [0.5, 0.6) is 0 Å². The lowest BCUT2D eigenvalue weighted by atomic mass is 10.2. The molecular weight excluding hydrogens is 232 g/mol. The van der Waals surface area contributed by atoms with Crippen LogP contribution in [0.4, 0.5) is 11.5 Å². The predicted octanol–water partition coefficient (Wildman–Crippen LogP) is 2.42. The summed E-state index contributed by atoms with van der Waals surface area (Å²) in [6.07, 6.45) is 1.90. The molecule has 18 heavy (non-hydrogen) atoms. The van der Waals surface area contributed by atoms with Gasteiger partial charge in [0.1, 0.15) is 5.82 Å². The second-order valence-corrected chi connectivity index (χ2v) is 3.83. The quantitative estimate of drug-likeness (QED) is 0.649. The first-order valence-corrected chi connectivity index (χ1v) is 5.69. The minimum absolute atomic E-state index is 0.106. The minimum atomic E-state index is -0.403. The van der Waals surface area contributed by atoms with E-state index in [2.05, 4.69) is 10.4 Å². The Morgan fingerprint density at radius 2 is 2.06 bits per heavy atom. The van der Waals surface area contributed by atoms with Crippen LogP contribution in [0, 0.1) is 10.1 Å². The number of hydrogen-bond donors (Lipinski definition) is 1. The molecule has 0 radical (unpaired) electrons. The lowest BCUT2D eigenvalue weighted by molar-refractivity contribution is -0.384. The molecule has 6 heteroatoms. The molecule has 6 nitrogen and oxygen atoms in total. The Kier molecular flexibility index (Phi) is 3.57. The minimum Gasteiger partial charge on any atom is -0.365 e. The van der Waals surface area contributed by atoms with Gasteiger partial charge in [0.05, 0.1) is 4.92 Å². The zero-order chi connectivity index (χ0) is 13.0. The lowest BCUT2D eigenvalue weighted by Crippen LogP contribution is -2.02. The Hall–Kier alpha value is -2.37. The average molecular weight is 246 g/mol. The van der Waals surface area contributed by atoms with Crippen LogP contribution in [0.2, 0.25) is 0 Å². The van der Waals surface area contributed by atoms with Gasteiger partial charge >= 0.3 is 0 Å².